The maximum atomic E-state index is 11.5. The van der Waals surface area contributed by atoms with Gasteiger partial charge in [-0.25, -0.2) is 4.79 Å². The van der Waals surface area contributed by atoms with Crippen LogP contribution in [-0.2, 0) is 4.74 Å². The zero-order valence-electron chi connectivity index (χ0n) is 9.95. The first-order chi connectivity index (χ1) is 7.05. The summed E-state index contributed by atoms with van der Waals surface area (Å²) in [6.07, 6.45) is 3.96. The van der Waals surface area contributed by atoms with Crippen molar-refractivity contribution in [1.29, 1.82) is 0 Å². The number of hydrogen-bond donors (Lipinski definition) is 1. The summed E-state index contributed by atoms with van der Waals surface area (Å²) in [5, 5.41) is 0. The molecule has 4 heteroatoms. The van der Waals surface area contributed by atoms with Gasteiger partial charge >= 0.3 is 6.09 Å². The summed E-state index contributed by atoms with van der Waals surface area (Å²) in [5.41, 5.74) is 5.65. The molecule has 1 saturated carbocycles. The van der Waals surface area contributed by atoms with Crippen LogP contribution in [0, 0.1) is 5.92 Å². The minimum Gasteiger partial charge on any atom is -0.453 e. The van der Waals surface area contributed by atoms with Gasteiger partial charge in [0.05, 0.1) is 12.6 Å². The van der Waals surface area contributed by atoms with Gasteiger partial charge < -0.3 is 15.4 Å². The largest absolute Gasteiger partial charge is 0.453 e. The second-order valence-corrected chi connectivity index (χ2v) is 4.64. The van der Waals surface area contributed by atoms with Crippen molar-refractivity contribution in [3.63, 3.8) is 0 Å². The molecule has 1 amide bonds. The molecule has 0 bridgehead atoms. The van der Waals surface area contributed by atoms with E-state index in [9.17, 15) is 4.79 Å². The first kappa shape index (κ1) is 12.3. The Bertz CT molecular complexity index is 223. The molecule has 0 heterocycles. The summed E-state index contributed by atoms with van der Waals surface area (Å²) in [6, 6.07) is 0. The highest BCUT2D eigenvalue weighted by Crippen LogP contribution is 2.35. The summed E-state index contributed by atoms with van der Waals surface area (Å²) in [7, 11) is 3.20. The van der Waals surface area contributed by atoms with Gasteiger partial charge in [0.2, 0.25) is 0 Å². The van der Waals surface area contributed by atoms with E-state index < -0.39 is 0 Å². The molecule has 1 aliphatic rings. The first-order valence-corrected chi connectivity index (χ1v) is 5.57. The maximum Gasteiger partial charge on any atom is 0.409 e. The van der Waals surface area contributed by atoms with Gasteiger partial charge in [-0.15, -0.1) is 0 Å². The lowest BCUT2D eigenvalue weighted by atomic mass is 9.76. The van der Waals surface area contributed by atoms with Gasteiger partial charge in [-0.1, -0.05) is 6.92 Å². The molecule has 0 spiro atoms. The average molecular weight is 214 g/mol. The first-order valence-electron chi connectivity index (χ1n) is 5.57. The van der Waals surface area contributed by atoms with Crippen LogP contribution in [0.1, 0.15) is 32.6 Å². The van der Waals surface area contributed by atoms with Crippen molar-refractivity contribution in [2.75, 3.05) is 20.7 Å². The van der Waals surface area contributed by atoms with Crippen molar-refractivity contribution >= 4 is 6.09 Å². The van der Waals surface area contributed by atoms with Crippen LogP contribution in [0.5, 0.6) is 0 Å². The zero-order valence-corrected chi connectivity index (χ0v) is 9.95. The smallest absolute Gasteiger partial charge is 0.409 e. The SMILES string of the molecule is COC(=O)N(C)C1(CN)CCC(C)CC1. The predicted molar refractivity (Wildman–Crippen MR) is 59.6 cm³/mol. The predicted octanol–water partition coefficient (Wildman–Crippen LogP) is 1.59. The van der Waals surface area contributed by atoms with E-state index in [0.29, 0.717) is 6.54 Å². The summed E-state index contributed by atoms with van der Waals surface area (Å²) in [4.78, 5) is 13.2. The molecule has 0 aliphatic heterocycles. The Kier molecular flexibility index (Phi) is 3.97. The molecule has 1 aliphatic carbocycles. The van der Waals surface area contributed by atoms with Crippen molar-refractivity contribution in [1.82, 2.24) is 4.90 Å². The number of hydrogen-bond acceptors (Lipinski definition) is 3. The van der Waals surface area contributed by atoms with E-state index in [1.54, 1.807) is 11.9 Å². The van der Waals surface area contributed by atoms with Crippen LogP contribution in [0.3, 0.4) is 0 Å². The van der Waals surface area contributed by atoms with Crippen LogP contribution in [0.15, 0.2) is 0 Å². The number of likely N-dealkylation sites (N-methyl/N-ethyl adjacent to an activating group) is 1. The highest BCUT2D eigenvalue weighted by atomic mass is 16.5. The number of carbonyl (C=O) groups is 1. The van der Waals surface area contributed by atoms with Crippen LogP contribution >= 0.6 is 0 Å². The second kappa shape index (κ2) is 4.84. The van der Waals surface area contributed by atoms with Crippen molar-refractivity contribution in [3.8, 4) is 0 Å². The van der Waals surface area contributed by atoms with Crippen LogP contribution in [0.25, 0.3) is 0 Å². The van der Waals surface area contributed by atoms with Gasteiger partial charge in [0, 0.05) is 13.6 Å². The highest BCUT2D eigenvalue weighted by molar-refractivity contribution is 5.68. The molecule has 0 aromatic carbocycles. The number of ether oxygens (including phenoxy) is 1. The topological polar surface area (TPSA) is 55.6 Å². The lowest BCUT2D eigenvalue weighted by Crippen LogP contribution is -2.56. The summed E-state index contributed by atoms with van der Waals surface area (Å²) in [5.74, 6) is 0.746. The molecule has 4 nitrogen and oxygen atoms in total. The number of nitrogens with two attached hydrogens (primary N) is 1. The minimum absolute atomic E-state index is 0.181. The highest BCUT2D eigenvalue weighted by Gasteiger charge is 2.39. The molecular weight excluding hydrogens is 192 g/mol. The molecule has 1 fully saturated rings. The Hall–Kier alpha value is -0.770. The number of amides is 1. The number of rotatable bonds is 2. The van der Waals surface area contributed by atoms with Gasteiger partial charge in [0.15, 0.2) is 0 Å². The van der Waals surface area contributed by atoms with Crippen molar-refractivity contribution < 1.29 is 9.53 Å². The third kappa shape index (κ3) is 2.43. The molecule has 0 aromatic rings. The van der Waals surface area contributed by atoms with E-state index in [4.69, 9.17) is 10.5 Å². The monoisotopic (exact) mass is 214 g/mol. The fourth-order valence-corrected chi connectivity index (χ4v) is 2.31. The molecule has 0 saturated heterocycles. The molecule has 0 radical (unpaired) electrons. The molecule has 15 heavy (non-hydrogen) atoms. The lowest BCUT2D eigenvalue weighted by molar-refractivity contribution is 0.0522. The van der Waals surface area contributed by atoms with Crippen molar-refractivity contribution in [2.45, 2.75) is 38.1 Å². The van der Waals surface area contributed by atoms with E-state index in [-0.39, 0.29) is 11.6 Å². The zero-order chi connectivity index (χ0) is 11.5. The van der Waals surface area contributed by atoms with E-state index in [0.717, 1.165) is 31.6 Å². The molecule has 1 rings (SSSR count). The molecular formula is C11H22N2O2. The normalized spacial score (nSPS) is 31.1. The van der Waals surface area contributed by atoms with Gasteiger partial charge in [-0.3, -0.25) is 0 Å². The summed E-state index contributed by atoms with van der Waals surface area (Å²) >= 11 is 0. The van der Waals surface area contributed by atoms with Gasteiger partial charge in [-0.05, 0) is 31.6 Å². The van der Waals surface area contributed by atoms with Crippen LogP contribution in [-0.4, -0.2) is 37.2 Å². The van der Waals surface area contributed by atoms with Crippen LogP contribution < -0.4 is 5.73 Å². The molecule has 0 atom stereocenters. The Morgan fingerprint density at radius 1 is 1.53 bits per heavy atom. The minimum atomic E-state index is -0.282. The Balaban J connectivity index is 2.72. The van der Waals surface area contributed by atoms with Gasteiger partial charge in [0.25, 0.3) is 0 Å². The van der Waals surface area contributed by atoms with E-state index in [2.05, 4.69) is 6.92 Å². The summed E-state index contributed by atoms with van der Waals surface area (Å²) in [6.45, 7) is 2.77. The number of nitrogens with zero attached hydrogens (tertiary/aromatic N) is 1. The fraction of sp³-hybridized carbons (Fsp3) is 0.909. The fourth-order valence-electron chi connectivity index (χ4n) is 2.31. The van der Waals surface area contributed by atoms with Gasteiger partial charge in [-0.2, -0.15) is 0 Å². The quantitative estimate of drug-likeness (QED) is 0.759. The van der Waals surface area contributed by atoms with Crippen molar-refractivity contribution in [2.24, 2.45) is 11.7 Å². The molecule has 2 N–H and O–H groups in total. The third-order valence-electron chi connectivity index (χ3n) is 3.74. The lowest BCUT2D eigenvalue weighted by Gasteiger charge is -2.44. The Morgan fingerprint density at radius 3 is 2.47 bits per heavy atom. The number of carbonyl (C=O) groups excluding carboxylic acids is 1. The Labute approximate surface area is 91.8 Å². The maximum absolute atomic E-state index is 11.5. The van der Waals surface area contributed by atoms with Crippen molar-refractivity contribution in [3.05, 3.63) is 0 Å². The summed E-state index contributed by atoms with van der Waals surface area (Å²) < 4.78 is 4.75. The van der Waals surface area contributed by atoms with Crippen LogP contribution in [0.2, 0.25) is 0 Å². The third-order valence-corrected chi connectivity index (χ3v) is 3.74. The number of methoxy groups -OCH3 is 1. The van der Waals surface area contributed by atoms with Gasteiger partial charge in [0.1, 0.15) is 0 Å². The standard InChI is InChI=1S/C11H22N2O2/c1-9-4-6-11(8-12,7-5-9)13(2)10(14)15-3/h9H,4-8,12H2,1-3H3. The van der Waals surface area contributed by atoms with Crippen LogP contribution in [0.4, 0.5) is 4.79 Å². The second-order valence-electron chi connectivity index (χ2n) is 4.64. The molecule has 0 aromatic heterocycles. The molecule has 88 valence electrons. The van der Waals surface area contributed by atoms with E-state index >= 15 is 0 Å². The van der Waals surface area contributed by atoms with E-state index in [1.807, 2.05) is 0 Å². The average Bonchev–Trinajstić information content (AvgIpc) is 2.28. The van der Waals surface area contributed by atoms with E-state index in [1.165, 1.54) is 7.11 Å². The Morgan fingerprint density at radius 2 is 2.07 bits per heavy atom. The molecule has 0 unspecified atom stereocenters.